The molecule has 0 atom stereocenters. The van der Waals surface area contributed by atoms with Crippen molar-refractivity contribution in [3.63, 3.8) is 0 Å². The molecule has 0 spiro atoms. The second-order valence-corrected chi connectivity index (χ2v) is 3.87. The fourth-order valence-electron chi connectivity index (χ4n) is 1.34. The van der Waals surface area contributed by atoms with Gasteiger partial charge in [0.25, 0.3) is 5.69 Å². The van der Waals surface area contributed by atoms with Gasteiger partial charge in [0.2, 0.25) is 0 Å². The van der Waals surface area contributed by atoms with Crippen LogP contribution in [-0.2, 0) is 0 Å². The van der Waals surface area contributed by atoms with Crippen LogP contribution < -0.4 is 4.74 Å². The molecule has 0 unspecified atom stereocenters. The van der Waals surface area contributed by atoms with Gasteiger partial charge in [0.15, 0.2) is 0 Å². The summed E-state index contributed by atoms with van der Waals surface area (Å²) in [4.78, 5) is 13.9. The lowest BCUT2D eigenvalue weighted by molar-refractivity contribution is -0.384. The van der Waals surface area contributed by atoms with Gasteiger partial charge in [-0.1, -0.05) is 11.6 Å². The van der Waals surface area contributed by atoms with Gasteiger partial charge in [-0.15, -0.1) is 0 Å². The molecule has 0 fully saturated rings. The molecule has 2 aromatic rings. The summed E-state index contributed by atoms with van der Waals surface area (Å²) in [6.45, 7) is 0. The third-order valence-electron chi connectivity index (χ3n) is 2.20. The van der Waals surface area contributed by atoms with Crippen molar-refractivity contribution in [3.05, 3.63) is 57.4 Å². The third kappa shape index (κ3) is 2.97. The molecule has 0 aliphatic heterocycles. The second kappa shape index (κ2) is 5.33. The zero-order valence-corrected chi connectivity index (χ0v) is 10.2. The molecule has 6 nitrogen and oxygen atoms in total. The maximum absolute atomic E-state index is 10.6. The minimum atomic E-state index is -0.574. The molecule has 0 aliphatic rings. The van der Waals surface area contributed by atoms with Crippen LogP contribution in [0.5, 0.6) is 11.5 Å². The summed E-state index contributed by atoms with van der Waals surface area (Å²) >= 11 is 5.76. The number of halogens is 1. The third-order valence-corrected chi connectivity index (χ3v) is 2.51. The molecular formula is C12H6ClN3O3. The largest absolute Gasteiger partial charge is 0.456 e. The maximum atomic E-state index is 10.6. The minimum Gasteiger partial charge on any atom is -0.456 e. The Morgan fingerprint density at radius 1 is 1.32 bits per heavy atom. The first-order valence-corrected chi connectivity index (χ1v) is 5.46. The van der Waals surface area contributed by atoms with E-state index in [0.717, 1.165) is 0 Å². The van der Waals surface area contributed by atoms with Crippen molar-refractivity contribution in [2.24, 2.45) is 0 Å². The maximum Gasteiger partial charge on any atom is 0.288 e. The molecule has 1 heterocycles. The molecule has 0 aliphatic carbocycles. The van der Waals surface area contributed by atoms with E-state index in [2.05, 4.69) is 4.98 Å². The summed E-state index contributed by atoms with van der Waals surface area (Å²) in [5, 5.41) is 19.2. The van der Waals surface area contributed by atoms with Crippen LogP contribution in [0, 0.1) is 21.4 Å². The first kappa shape index (κ1) is 12.8. The van der Waals surface area contributed by atoms with E-state index in [1.54, 1.807) is 6.07 Å². The Morgan fingerprint density at radius 2 is 2.05 bits per heavy atom. The van der Waals surface area contributed by atoms with Gasteiger partial charge in [-0.05, 0) is 18.2 Å². The lowest BCUT2D eigenvalue weighted by Crippen LogP contribution is -1.91. The Kier molecular flexibility index (Phi) is 3.59. The van der Waals surface area contributed by atoms with Gasteiger partial charge in [-0.3, -0.25) is 10.1 Å². The highest BCUT2D eigenvalue weighted by molar-refractivity contribution is 6.32. The Balaban J connectivity index is 2.21. The number of rotatable bonds is 3. The monoisotopic (exact) mass is 275 g/mol. The first-order valence-electron chi connectivity index (χ1n) is 5.08. The van der Waals surface area contributed by atoms with Crippen molar-refractivity contribution in [2.45, 2.75) is 0 Å². The number of hydrogen-bond donors (Lipinski definition) is 0. The number of pyridine rings is 1. The lowest BCUT2D eigenvalue weighted by atomic mass is 10.3. The van der Waals surface area contributed by atoms with Gasteiger partial charge in [0, 0.05) is 12.1 Å². The number of nitrogens with zero attached hydrogens (tertiary/aromatic N) is 3. The fourth-order valence-corrected chi connectivity index (χ4v) is 1.58. The molecule has 7 heteroatoms. The van der Waals surface area contributed by atoms with Crippen molar-refractivity contribution in [3.8, 4) is 17.6 Å². The van der Waals surface area contributed by atoms with Gasteiger partial charge in [-0.2, -0.15) is 5.26 Å². The van der Waals surface area contributed by atoms with E-state index in [4.69, 9.17) is 21.6 Å². The minimum absolute atomic E-state index is 0.0101. The summed E-state index contributed by atoms with van der Waals surface area (Å²) in [7, 11) is 0. The second-order valence-electron chi connectivity index (χ2n) is 3.46. The van der Waals surface area contributed by atoms with Crippen LogP contribution in [0.3, 0.4) is 0 Å². The van der Waals surface area contributed by atoms with Gasteiger partial charge in [0.1, 0.15) is 28.3 Å². The van der Waals surface area contributed by atoms with Crippen molar-refractivity contribution in [2.75, 3.05) is 0 Å². The zero-order chi connectivity index (χ0) is 13.8. The normalized spacial score (nSPS) is 9.68. The Bertz CT molecular complexity index is 665. The predicted octanol–water partition coefficient (Wildman–Crippen LogP) is 3.31. The molecule has 1 aromatic carbocycles. The highest BCUT2D eigenvalue weighted by Crippen LogP contribution is 2.30. The van der Waals surface area contributed by atoms with E-state index in [-0.39, 0.29) is 16.4 Å². The summed E-state index contributed by atoms with van der Waals surface area (Å²) in [5.74, 6) is 0.756. The summed E-state index contributed by atoms with van der Waals surface area (Å²) in [6, 6.07) is 8.99. The standard InChI is InChI=1S/C12H6ClN3O3/c13-11-5-9(3-4-12(11)16(17)18)19-10-2-1-8(6-14)15-7-10/h1-5,7H. The number of nitro groups is 1. The molecule has 0 bridgehead atoms. The lowest BCUT2D eigenvalue weighted by Gasteiger charge is -2.05. The summed E-state index contributed by atoms with van der Waals surface area (Å²) < 4.78 is 5.41. The van der Waals surface area contributed by atoms with Crippen LogP contribution in [0.25, 0.3) is 0 Å². The van der Waals surface area contributed by atoms with Crippen LogP contribution in [0.15, 0.2) is 36.5 Å². The molecule has 2 rings (SSSR count). The number of nitro benzene ring substituents is 1. The van der Waals surface area contributed by atoms with Crippen LogP contribution in [0.2, 0.25) is 5.02 Å². The zero-order valence-electron chi connectivity index (χ0n) is 9.41. The predicted molar refractivity (Wildman–Crippen MR) is 67.1 cm³/mol. The quantitative estimate of drug-likeness (QED) is 0.633. The SMILES string of the molecule is N#Cc1ccc(Oc2ccc([N+](=O)[O-])c(Cl)c2)cn1. The van der Waals surface area contributed by atoms with E-state index in [1.807, 2.05) is 6.07 Å². The van der Waals surface area contributed by atoms with E-state index < -0.39 is 4.92 Å². The molecule has 0 N–H and O–H groups in total. The van der Waals surface area contributed by atoms with Gasteiger partial charge in [-0.25, -0.2) is 4.98 Å². The Morgan fingerprint density at radius 3 is 2.58 bits per heavy atom. The van der Waals surface area contributed by atoms with E-state index in [1.165, 1.54) is 30.5 Å². The molecule has 0 amide bonds. The number of ether oxygens (including phenoxy) is 1. The van der Waals surface area contributed by atoms with Crippen LogP contribution in [0.4, 0.5) is 5.69 Å². The van der Waals surface area contributed by atoms with Crippen LogP contribution in [0.1, 0.15) is 5.69 Å². The summed E-state index contributed by atoms with van der Waals surface area (Å²) in [5.41, 5.74) is 0.0843. The van der Waals surface area contributed by atoms with Crippen LogP contribution >= 0.6 is 11.6 Å². The molecular weight excluding hydrogens is 270 g/mol. The van der Waals surface area contributed by atoms with Crippen molar-refractivity contribution in [1.29, 1.82) is 5.26 Å². The van der Waals surface area contributed by atoms with Crippen LogP contribution in [-0.4, -0.2) is 9.91 Å². The van der Waals surface area contributed by atoms with Gasteiger partial charge < -0.3 is 4.74 Å². The Labute approximate surface area is 113 Å². The van der Waals surface area contributed by atoms with E-state index in [0.29, 0.717) is 11.5 Å². The molecule has 0 saturated heterocycles. The first-order chi connectivity index (χ1) is 9.10. The van der Waals surface area contributed by atoms with Crippen molar-refractivity contribution < 1.29 is 9.66 Å². The highest BCUT2D eigenvalue weighted by atomic mass is 35.5. The molecule has 1 aromatic heterocycles. The average molecular weight is 276 g/mol. The topological polar surface area (TPSA) is 89.0 Å². The van der Waals surface area contributed by atoms with Gasteiger partial charge >= 0.3 is 0 Å². The number of benzene rings is 1. The van der Waals surface area contributed by atoms with E-state index >= 15 is 0 Å². The molecule has 0 radical (unpaired) electrons. The molecule has 19 heavy (non-hydrogen) atoms. The van der Waals surface area contributed by atoms with E-state index in [9.17, 15) is 10.1 Å². The number of aromatic nitrogens is 1. The molecule has 94 valence electrons. The highest BCUT2D eigenvalue weighted by Gasteiger charge is 2.12. The van der Waals surface area contributed by atoms with Gasteiger partial charge in [0.05, 0.1) is 11.1 Å². The smallest absolute Gasteiger partial charge is 0.288 e. The fraction of sp³-hybridized carbons (Fsp3) is 0. The molecule has 0 saturated carbocycles. The summed E-state index contributed by atoms with van der Waals surface area (Å²) in [6.07, 6.45) is 1.38. The van der Waals surface area contributed by atoms with Crippen molar-refractivity contribution >= 4 is 17.3 Å². The number of nitriles is 1. The van der Waals surface area contributed by atoms with Crippen molar-refractivity contribution in [1.82, 2.24) is 4.98 Å². The average Bonchev–Trinajstić information content (AvgIpc) is 2.39. The Hall–Kier alpha value is -2.65. The number of hydrogen-bond acceptors (Lipinski definition) is 5.